The van der Waals surface area contributed by atoms with Gasteiger partial charge >= 0.3 is 0 Å². The Bertz CT molecular complexity index is 441. The van der Waals surface area contributed by atoms with Gasteiger partial charge in [0.05, 0.1) is 13.3 Å². The zero-order valence-corrected chi connectivity index (χ0v) is 9.10. The SMILES string of the molecule is COc1ccccc1-n1ncc(Br)n1. The zero-order valence-electron chi connectivity index (χ0n) is 7.51. The Kier molecular flexibility index (Phi) is 2.49. The monoisotopic (exact) mass is 253 g/mol. The normalized spacial score (nSPS) is 10.1. The second kappa shape index (κ2) is 3.79. The molecule has 0 saturated heterocycles. The predicted molar refractivity (Wildman–Crippen MR) is 55.6 cm³/mol. The molecule has 1 heterocycles. The van der Waals surface area contributed by atoms with Crippen LogP contribution in [-0.4, -0.2) is 22.1 Å². The second-order valence-corrected chi connectivity index (χ2v) is 3.44. The third kappa shape index (κ3) is 1.63. The maximum absolute atomic E-state index is 5.19. The van der Waals surface area contributed by atoms with Crippen LogP contribution in [0.4, 0.5) is 0 Å². The Morgan fingerprint density at radius 3 is 2.79 bits per heavy atom. The smallest absolute Gasteiger partial charge is 0.148 e. The van der Waals surface area contributed by atoms with Crippen molar-refractivity contribution in [3.05, 3.63) is 35.1 Å². The van der Waals surface area contributed by atoms with Crippen molar-refractivity contribution in [3.63, 3.8) is 0 Å². The first kappa shape index (κ1) is 9.21. The molecule has 14 heavy (non-hydrogen) atoms. The van der Waals surface area contributed by atoms with Gasteiger partial charge < -0.3 is 4.74 Å². The molecule has 4 nitrogen and oxygen atoms in total. The predicted octanol–water partition coefficient (Wildman–Crippen LogP) is 2.04. The largest absolute Gasteiger partial charge is 0.494 e. The van der Waals surface area contributed by atoms with Crippen molar-refractivity contribution in [2.24, 2.45) is 0 Å². The van der Waals surface area contributed by atoms with Crippen molar-refractivity contribution >= 4 is 15.9 Å². The second-order valence-electron chi connectivity index (χ2n) is 2.63. The molecule has 0 bridgehead atoms. The van der Waals surface area contributed by atoms with Crippen LogP contribution in [0.5, 0.6) is 5.75 Å². The molecular formula is C9H8BrN3O. The summed E-state index contributed by atoms with van der Waals surface area (Å²) in [6.07, 6.45) is 1.63. The van der Waals surface area contributed by atoms with E-state index >= 15 is 0 Å². The van der Waals surface area contributed by atoms with Crippen molar-refractivity contribution in [1.29, 1.82) is 0 Å². The molecule has 0 aliphatic heterocycles. The molecular weight excluding hydrogens is 246 g/mol. The fraction of sp³-hybridized carbons (Fsp3) is 0.111. The molecule has 0 unspecified atom stereocenters. The Morgan fingerprint density at radius 2 is 2.14 bits per heavy atom. The summed E-state index contributed by atoms with van der Waals surface area (Å²) in [6, 6.07) is 7.58. The minimum Gasteiger partial charge on any atom is -0.494 e. The number of hydrogen-bond acceptors (Lipinski definition) is 3. The molecule has 0 radical (unpaired) electrons. The van der Waals surface area contributed by atoms with Gasteiger partial charge in [0.2, 0.25) is 0 Å². The van der Waals surface area contributed by atoms with Gasteiger partial charge in [-0.2, -0.15) is 5.10 Å². The lowest BCUT2D eigenvalue weighted by Crippen LogP contribution is -2.01. The summed E-state index contributed by atoms with van der Waals surface area (Å²) in [7, 11) is 1.62. The Hall–Kier alpha value is -1.36. The first-order chi connectivity index (χ1) is 6.81. The van der Waals surface area contributed by atoms with Gasteiger partial charge in [-0.05, 0) is 28.1 Å². The van der Waals surface area contributed by atoms with Gasteiger partial charge in [0.25, 0.3) is 0 Å². The van der Waals surface area contributed by atoms with Crippen LogP contribution >= 0.6 is 15.9 Å². The summed E-state index contributed by atoms with van der Waals surface area (Å²) in [6.45, 7) is 0. The minimum atomic E-state index is 0.698. The van der Waals surface area contributed by atoms with E-state index in [0.717, 1.165) is 11.4 Å². The molecule has 0 N–H and O–H groups in total. The quantitative estimate of drug-likeness (QED) is 0.823. The number of aromatic nitrogens is 3. The highest BCUT2D eigenvalue weighted by molar-refractivity contribution is 9.10. The standard InChI is InChI=1S/C9H8BrN3O/c1-14-8-5-3-2-4-7(8)13-11-6-9(10)12-13/h2-6H,1H3. The molecule has 0 fully saturated rings. The molecule has 72 valence electrons. The summed E-state index contributed by atoms with van der Waals surface area (Å²) in [5, 5.41) is 8.21. The lowest BCUT2D eigenvalue weighted by molar-refractivity contribution is 0.410. The molecule has 2 rings (SSSR count). The van der Waals surface area contributed by atoms with E-state index in [0.29, 0.717) is 4.60 Å². The molecule has 0 saturated carbocycles. The first-order valence-electron chi connectivity index (χ1n) is 4.02. The van der Waals surface area contributed by atoms with Crippen LogP contribution < -0.4 is 4.74 Å². The fourth-order valence-electron chi connectivity index (χ4n) is 1.16. The Morgan fingerprint density at radius 1 is 1.36 bits per heavy atom. The van der Waals surface area contributed by atoms with Gasteiger partial charge in [0, 0.05) is 0 Å². The van der Waals surface area contributed by atoms with Crippen LogP contribution in [0.2, 0.25) is 0 Å². The topological polar surface area (TPSA) is 39.9 Å². The van der Waals surface area contributed by atoms with E-state index in [1.807, 2.05) is 24.3 Å². The number of hydrogen-bond donors (Lipinski definition) is 0. The lowest BCUT2D eigenvalue weighted by atomic mass is 10.3. The van der Waals surface area contributed by atoms with Gasteiger partial charge in [-0.25, -0.2) is 0 Å². The molecule has 1 aromatic carbocycles. The summed E-state index contributed by atoms with van der Waals surface area (Å²) in [5.74, 6) is 0.746. The van der Waals surface area contributed by atoms with Gasteiger partial charge in [0.15, 0.2) is 0 Å². The zero-order chi connectivity index (χ0) is 9.97. The number of halogens is 1. The first-order valence-corrected chi connectivity index (χ1v) is 4.82. The molecule has 1 aromatic heterocycles. The van der Waals surface area contributed by atoms with Gasteiger partial charge in [-0.1, -0.05) is 12.1 Å². The highest BCUT2D eigenvalue weighted by Crippen LogP contribution is 2.20. The van der Waals surface area contributed by atoms with Gasteiger partial charge in [-0.3, -0.25) is 0 Å². The third-order valence-electron chi connectivity index (χ3n) is 1.76. The van der Waals surface area contributed by atoms with E-state index in [4.69, 9.17) is 4.74 Å². The molecule has 2 aromatic rings. The number of methoxy groups -OCH3 is 1. The van der Waals surface area contributed by atoms with Crippen LogP contribution in [0, 0.1) is 0 Å². The van der Waals surface area contributed by atoms with Crippen LogP contribution in [0.3, 0.4) is 0 Å². The van der Waals surface area contributed by atoms with Crippen LogP contribution in [0.15, 0.2) is 35.1 Å². The number of benzene rings is 1. The van der Waals surface area contributed by atoms with Crippen LogP contribution in [-0.2, 0) is 0 Å². The van der Waals surface area contributed by atoms with E-state index in [1.165, 1.54) is 4.80 Å². The highest BCUT2D eigenvalue weighted by Gasteiger charge is 2.05. The maximum Gasteiger partial charge on any atom is 0.148 e. The van der Waals surface area contributed by atoms with Gasteiger partial charge in [-0.15, -0.1) is 9.90 Å². The number of para-hydroxylation sites is 2. The number of rotatable bonds is 2. The summed E-state index contributed by atoms with van der Waals surface area (Å²) < 4.78 is 5.89. The lowest BCUT2D eigenvalue weighted by Gasteiger charge is -2.05. The molecule has 0 aliphatic carbocycles. The van der Waals surface area contributed by atoms with E-state index in [2.05, 4.69) is 26.1 Å². The van der Waals surface area contributed by atoms with E-state index in [-0.39, 0.29) is 0 Å². The van der Waals surface area contributed by atoms with E-state index in [9.17, 15) is 0 Å². The molecule has 0 spiro atoms. The minimum absolute atomic E-state index is 0.698. The van der Waals surface area contributed by atoms with Gasteiger partial charge in [0.1, 0.15) is 16.0 Å². The molecule has 0 amide bonds. The molecule has 0 aliphatic rings. The number of ether oxygens (including phenoxy) is 1. The van der Waals surface area contributed by atoms with E-state index in [1.54, 1.807) is 13.3 Å². The van der Waals surface area contributed by atoms with Crippen LogP contribution in [0.25, 0.3) is 5.69 Å². The van der Waals surface area contributed by atoms with Crippen molar-refractivity contribution in [1.82, 2.24) is 15.0 Å². The summed E-state index contributed by atoms with van der Waals surface area (Å²) in [4.78, 5) is 1.52. The highest BCUT2D eigenvalue weighted by atomic mass is 79.9. The Labute approximate surface area is 89.6 Å². The average Bonchev–Trinajstić information content (AvgIpc) is 2.65. The molecule has 5 heteroatoms. The fourth-order valence-corrected chi connectivity index (χ4v) is 1.40. The summed E-state index contributed by atoms with van der Waals surface area (Å²) >= 11 is 3.24. The molecule has 0 atom stereocenters. The van der Waals surface area contributed by atoms with Crippen molar-refractivity contribution in [2.45, 2.75) is 0 Å². The van der Waals surface area contributed by atoms with Crippen molar-refractivity contribution in [3.8, 4) is 11.4 Å². The Balaban J connectivity index is 2.50. The van der Waals surface area contributed by atoms with E-state index < -0.39 is 0 Å². The third-order valence-corrected chi connectivity index (χ3v) is 2.13. The maximum atomic E-state index is 5.19. The van der Waals surface area contributed by atoms with Crippen molar-refractivity contribution < 1.29 is 4.74 Å². The van der Waals surface area contributed by atoms with Crippen LogP contribution in [0.1, 0.15) is 0 Å². The average molecular weight is 254 g/mol. The number of nitrogens with zero attached hydrogens (tertiary/aromatic N) is 3. The summed E-state index contributed by atoms with van der Waals surface area (Å²) in [5.41, 5.74) is 0.820. The van der Waals surface area contributed by atoms with Crippen molar-refractivity contribution in [2.75, 3.05) is 7.11 Å².